The number of aromatic nitrogens is 1. The van der Waals surface area contributed by atoms with E-state index in [-0.39, 0.29) is 0 Å². The fourth-order valence-corrected chi connectivity index (χ4v) is 10.9. The Morgan fingerprint density at radius 1 is 0.368 bits per heavy atom. The SMILES string of the molecule is C1=CCCC(c2cc(N(c3ccc(-c4ccccc4)cc3)c3ccc(-c4cccc5ccccc45)c4ccccc34)ccc2-c2cccc(-n3c4ccccc4c4ccc5ccccc5c43)c2)=C1. The van der Waals surface area contributed by atoms with E-state index in [9.17, 15) is 0 Å². The molecule has 0 atom stereocenters. The molecule has 0 fully saturated rings. The number of benzene rings is 11. The monoisotopic (exact) mass is 866 g/mol. The smallest absolute Gasteiger partial charge is 0.0619 e. The van der Waals surface area contributed by atoms with Gasteiger partial charge >= 0.3 is 0 Å². The molecule has 0 unspecified atom stereocenters. The maximum absolute atomic E-state index is 2.47. The second-order valence-corrected chi connectivity index (χ2v) is 17.9. The average Bonchev–Trinajstić information content (AvgIpc) is 3.76. The van der Waals surface area contributed by atoms with Crippen LogP contribution in [0.2, 0.25) is 0 Å². The second kappa shape index (κ2) is 16.6. The minimum Gasteiger partial charge on any atom is -0.310 e. The molecule has 2 nitrogen and oxygen atoms in total. The van der Waals surface area contributed by atoms with Crippen LogP contribution in [0.25, 0.3) is 98.8 Å². The van der Waals surface area contributed by atoms with E-state index in [1.54, 1.807) is 0 Å². The normalized spacial score (nSPS) is 12.6. The fraction of sp³-hybridized carbons (Fsp3) is 0.0303. The van der Waals surface area contributed by atoms with Crippen LogP contribution < -0.4 is 4.90 Å². The van der Waals surface area contributed by atoms with E-state index in [0.29, 0.717) is 0 Å². The largest absolute Gasteiger partial charge is 0.310 e. The summed E-state index contributed by atoms with van der Waals surface area (Å²) < 4.78 is 2.47. The number of hydrogen-bond acceptors (Lipinski definition) is 1. The molecule has 13 rings (SSSR count). The van der Waals surface area contributed by atoms with Gasteiger partial charge in [-0.25, -0.2) is 0 Å². The summed E-state index contributed by atoms with van der Waals surface area (Å²) in [5.41, 5.74) is 16.8. The van der Waals surface area contributed by atoms with Crippen molar-refractivity contribution in [2.75, 3.05) is 4.90 Å². The topological polar surface area (TPSA) is 8.17 Å². The van der Waals surface area contributed by atoms with Crippen molar-refractivity contribution < 1.29 is 0 Å². The van der Waals surface area contributed by atoms with E-state index >= 15 is 0 Å². The molecule has 1 aliphatic rings. The summed E-state index contributed by atoms with van der Waals surface area (Å²) in [5.74, 6) is 0. The van der Waals surface area contributed by atoms with Gasteiger partial charge in [0.05, 0.1) is 16.7 Å². The van der Waals surface area contributed by atoms with Gasteiger partial charge in [-0.1, -0.05) is 206 Å². The van der Waals surface area contributed by atoms with Gasteiger partial charge in [-0.3, -0.25) is 0 Å². The zero-order chi connectivity index (χ0) is 45.0. The molecule has 0 bridgehead atoms. The molecular weight excluding hydrogens is 821 g/mol. The Bertz CT molecular complexity index is 3960. The first-order chi connectivity index (χ1) is 33.7. The van der Waals surface area contributed by atoms with Gasteiger partial charge in [0.25, 0.3) is 0 Å². The van der Waals surface area contributed by atoms with Crippen LogP contribution >= 0.6 is 0 Å². The number of fused-ring (bicyclic) bond motifs is 7. The summed E-state index contributed by atoms with van der Waals surface area (Å²) in [6, 6.07) is 87.2. The number of allylic oxidation sites excluding steroid dienone is 4. The molecule has 1 heterocycles. The van der Waals surface area contributed by atoms with Crippen molar-refractivity contribution in [1.29, 1.82) is 0 Å². The van der Waals surface area contributed by atoms with Crippen molar-refractivity contribution in [3.05, 3.63) is 260 Å². The first-order valence-electron chi connectivity index (χ1n) is 23.7. The van der Waals surface area contributed by atoms with Gasteiger partial charge in [-0.15, -0.1) is 0 Å². The highest BCUT2D eigenvalue weighted by atomic mass is 15.1. The predicted molar refractivity (Wildman–Crippen MR) is 291 cm³/mol. The predicted octanol–water partition coefficient (Wildman–Crippen LogP) is 18.4. The van der Waals surface area contributed by atoms with Gasteiger partial charge in [0.1, 0.15) is 0 Å². The van der Waals surface area contributed by atoms with Crippen molar-refractivity contribution in [1.82, 2.24) is 4.57 Å². The second-order valence-electron chi connectivity index (χ2n) is 17.9. The Balaban J connectivity index is 1.01. The first-order valence-corrected chi connectivity index (χ1v) is 23.7. The standard InChI is InChI=1S/C66H46N2/c1-3-17-45(18-4-1)46-33-36-51(37-34-46)67(65-42-41-59(58-28-11-12-29-60(58)65)57-31-16-23-47-21-7-9-26-54(47)57)53-38-40-55(63(44-53)48-19-5-2-6-20-48)50-24-15-25-52(43-50)68-64-32-14-13-30-61(64)62-39-35-49-22-8-10-27-56(49)66(62)68/h1-5,7-19,21-44H,6,20H2. The van der Waals surface area contributed by atoms with Crippen molar-refractivity contribution in [2.45, 2.75) is 12.8 Å². The van der Waals surface area contributed by atoms with Crippen LogP contribution in [0.3, 0.4) is 0 Å². The van der Waals surface area contributed by atoms with Crippen molar-refractivity contribution in [2.24, 2.45) is 0 Å². The van der Waals surface area contributed by atoms with Crippen molar-refractivity contribution >= 4 is 76.8 Å². The third-order valence-electron chi connectivity index (χ3n) is 14.1. The summed E-state index contributed by atoms with van der Waals surface area (Å²) >= 11 is 0. The molecule has 0 saturated carbocycles. The maximum Gasteiger partial charge on any atom is 0.0619 e. The van der Waals surface area contributed by atoms with Gasteiger partial charge in [0.2, 0.25) is 0 Å². The molecule has 68 heavy (non-hydrogen) atoms. The van der Waals surface area contributed by atoms with Crippen LogP contribution in [0.1, 0.15) is 18.4 Å². The summed E-state index contributed by atoms with van der Waals surface area (Å²) in [4.78, 5) is 2.47. The minimum absolute atomic E-state index is 0.972. The molecule has 12 aromatic rings. The molecule has 320 valence electrons. The zero-order valence-corrected chi connectivity index (χ0v) is 37.6. The summed E-state index contributed by atoms with van der Waals surface area (Å²) in [5, 5.41) is 9.94. The van der Waals surface area contributed by atoms with E-state index in [2.05, 4.69) is 264 Å². The van der Waals surface area contributed by atoms with Crippen molar-refractivity contribution in [3.63, 3.8) is 0 Å². The van der Waals surface area contributed by atoms with Crippen LogP contribution in [0.5, 0.6) is 0 Å². The van der Waals surface area contributed by atoms with E-state index in [0.717, 1.165) is 35.6 Å². The fourth-order valence-electron chi connectivity index (χ4n) is 10.9. The van der Waals surface area contributed by atoms with Crippen LogP contribution in [0, 0.1) is 0 Å². The molecule has 1 aromatic heterocycles. The highest BCUT2D eigenvalue weighted by Crippen LogP contribution is 2.46. The number of nitrogens with zero attached hydrogens (tertiary/aromatic N) is 2. The lowest BCUT2D eigenvalue weighted by Crippen LogP contribution is -2.11. The van der Waals surface area contributed by atoms with E-state index in [4.69, 9.17) is 0 Å². The first kappa shape index (κ1) is 39.6. The van der Waals surface area contributed by atoms with E-state index in [1.807, 2.05) is 0 Å². The van der Waals surface area contributed by atoms with E-state index < -0.39 is 0 Å². The third kappa shape index (κ3) is 6.72. The van der Waals surface area contributed by atoms with Gasteiger partial charge in [-0.2, -0.15) is 0 Å². The molecule has 0 saturated heterocycles. The van der Waals surface area contributed by atoms with Crippen LogP contribution in [-0.2, 0) is 0 Å². The zero-order valence-electron chi connectivity index (χ0n) is 37.6. The maximum atomic E-state index is 2.47. The molecule has 11 aromatic carbocycles. The molecule has 1 aliphatic carbocycles. The van der Waals surface area contributed by atoms with Gasteiger partial charge in [-0.05, 0) is 127 Å². The van der Waals surface area contributed by atoms with Crippen LogP contribution in [0.4, 0.5) is 17.1 Å². The minimum atomic E-state index is 0.972. The Morgan fingerprint density at radius 2 is 1.00 bits per heavy atom. The van der Waals surface area contributed by atoms with Crippen molar-refractivity contribution in [3.8, 4) is 39.1 Å². The number of hydrogen-bond donors (Lipinski definition) is 0. The van der Waals surface area contributed by atoms with Gasteiger partial charge < -0.3 is 9.47 Å². The highest BCUT2D eigenvalue weighted by molar-refractivity contribution is 6.18. The Labute approximate surface area is 396 Å². The third-order valence-corrected chi connectivity index (χ3v) is 14.1. The van der Waals surface area contributed by atoms with Gasteiger partial charge in [0.15, 0.2) is 0 Å². The lowest BCUT2D eigenvalue weighted by atomic mass is 9.89. The Morgan fingerprint density at radius 3 is 1.82 bits per heavy atom. The van der Waals surface area contributed by atoms with Crippen LogP contribution in [0.15, 0.2) is 255 Å². The van der Waals surface area contributed by atoms with Gasteiger partial charge in [0, 0.05) is 38.6 Å². The molecular formula is C66H46N2. The molecule has 0 spiro atoms. The molecule has 0 aliphatic heterocycles. The summed E-state index contributed by atoms with van der Waals surface area (Å²) in [6.45, 7) is 0. The molecule has 0 radical (unpaired) electrons. The lowest BCUT2D eigenvalue weighted by Gasteiger charge is -2.29. The summed E-state index contributed by atoms with van der Waals surface area (Å²) in [7, 11) is 0. The molecule has 0 N–H and O–H groups in total. The van der Waals surface area contributed by atoms with Crippen LogP contribution in [-0.4, -0.2) is 4.57 Å². The Hall–Kier alpha value is -8.72. The lowest BCUT2D eigenvalue weighted by molar-refractivity contribution is 1.05. The molecule has 2 heteroatoms. The molecule has 0 amide bonds. The highest BCUT2D eigenvalue weighted by Gasteiger charge is 2.22. The quantitative estimate of drug-likeness (QED) is 0.148. The number of rotatable bonds is 8. The summed E-state index contributed by atoms with van der Waals surface area (Å²) in [6.07, 6.45) is 8.82. The number of anilines is 3. The Kier molecular flexibility index (Phi) is 9.68. The number of para-hydroxylation sites is 1. The van der Waals surface area contributed by atoms with E-state index in [1.165, 1.54) is 98.6 Å². The average molecular weight is 867 g/mol.